The van der Waals surface area contributed by atoms with Gasteiger partial charge >= 0.3 is 0 Å². The number of allylic oxidation sites excluding steroid dienone is 4. The maximum atomic E-state index is 7.00. The quantitative estimate of drug-likeness (QED) is 0.590. The Kier molecular flexibility index (Phi) is 8.30. The molecule has 1 aromatic rings. The zero-order valence-corrected chi connectivity index (χ0v) is 9.48. The third-order valence-corrected chi connectivity index (χ3v) is 1.57. The molecule has 1 aromatic carbocycles. The van der Waals surface area contributed by atoms with E-state index in [1.54, 1.807) is 6.08 Å². The van der Waals surface area contributed by atoms with Crippen LogP contribution in [-0.2, 0) is 0 Å². The summed E-state index contributed by atoms with van der Waals surface area (Å²) in [5.41, 5.74) is 1.79. The molecule has 0 amide bonds. The van der Waals surface area contributed by atoms with Gasteiger partial charge in [-0.05, 0) is 18.2 Å². The van der Waals surface area contributed by atoms with Gasteiger partial charge in [0.15, 0.2) is 0 Å². The summed E-state index contributed by atoms with van der Waals surface area (Å²) in [5, 5.41) is 7.00. The van der Waals surface area contributed by atoms with Gasteiger partial charge < -0.3 is 5.11 Å². The van der Waals surface area contributed by atoms with Gasteiger partial charge in [-0.25, -0.2) is 0 Å². The van der Waals surface area contributed by atoms with E-state index in [1.165, 1.54) is 0 Å². The van der Waals surface area contributed by atoms with Crippen molar-refractivity contribution in [2.24, 2.45) is 0 Å². The Morgan fingerprint density at radius 3 is 2.44 bits per heavy atom. The second-order valence-corrected chi connectivity index (χ2v) is 2.74. The highest BCUT2D eigenvalue weighted by molar-refractivity contribution is 5.43. The van der Waals surface area contributed by atoms with Gasteiger partial charge in [-0.15, -0.1) is 0 Å². The fraction of sp³-hybridized carbons (Fsp3) is 0.0667. The highest BCUT2D eigenvalue weighted by Crippen LogP contribution is 1.97. The molecule has 0 radical (unpaired) electrons. The van der Waals surface area contributed by atoms with Crippen LogP contribution in [0.4, 0.5) is 0 Å². The van der Waals surface area contributed by atoms with Gasteiger partial charge in [0, 0.05) is 18.2 Å². The molecule has 0 aliphatic rings. The third kappa shape index (κ3) is 6.42. The van der Waals surface area contributed by atoms with Crippen molar-refractivity contribution in [2.75, 3.05) is 7.11 Å². The lowest BCUT2D eigenvalue weighted by molar-refractivity contribution is 0.399. The molecule has 0 heterocycles. The number of hydrogen-bond acceptors (Lipinski definition) is 1. The van der Waals surface area contributed by atoms with Gasteiger partial charge in [0.1, 0.15) is 0 Å². The van der Waals surface area contributed by atoms with Gasteiger partial charge in [-0.2, -0.15) is 0 Å². The largest absolute Gasteiger partial charge is 0.400 e. The maximum Gasteiger partial charge on any atom is 0.0319 e. The molecule has 82 valence electrons. The predicted octanol–water partition coefficient (Wildman–Crippen LogP) is 2.95. The van der Waals surface area contributed by atoms with Crippen LogP contribution in [0.1, 0.15) is 5.56 Å². The zero-order chi connectivity index (χ0) is 12.2. The molecule has 1 N–H and O–H groups in total. The second-order valence-electron chi connectivity index (χ2n) is 2.74. The molecule has 0 aromatic heterocycles. The Bertz CT molecular complexity index is 402. The third-order valence-electron chi connectivity index (χ3n) is 1.57. The smallest absolute Gasteiger partial charge is 0.0319 e. The van der Waals surface area contributed by atoms with Crippen molar-refractivity contribution in [1.29, 1.82) is 0 Å². The molecule has 0 spiro atoms. The zero-order valence-electron chi connectivity index (χ0n) is 9.48. The van der Waals surface area contributed by atoms with Crippen molar-refractivity contribution in [3.05, 3.63) is 72.9 Å². The summed E-state index contributed by atoms with van der Waals surface area (Å²) < 4.78 is 0. The Morgan fingerprint density at radius 2 is 1.88 bits per heavy atom. The van der Waals surface area contributed by atoms with Crippen LogP contribution in [0.5, 0.6) is 0 Å². The van der Waals surface area contributed by atoms with Crippen LogP contribution in [0.2, 0.25) is 0 Å². The molecule has 16 heavy (non-hydrogen) atoms. The van der Waals surface area contributed by atoms with Crippen molar-refractivity contribution < 1.29 is 5.11 Å². The van der Waals surface area contributed by atoms with Crippen LogP contribution in [0.25, 0.3) is 0 Å². The molecule has 0 unspecified atom stereocenters. The van der Waals surface area contributed by atoms with E-state index in [2.05, 4.69) is 25.0 Å². The number of aliphatic hydroxyl groups is 1. The van der Waals surface area contributed by atoms with Gasteiger partial charge in [-0.3, -0.25) is 0 Å². The van der Waals surface area contributed by atoms with Crippen LogP contribution in [0, 0.1) is 11.8 Å². The molecular formula is C15H16O. The van der Waals surface area contributed by atoms with Crippen molar-refractivity contribution in [3.63, 3.8) is 0 Å². The molecule has 0 fully saturated rings. The first kappa shape index (κ1) is 14.0. The van der Waals surface area contributed by atoms with E-state index in [4.69, 9.17) is 5.11 Å². The minimum Gasteiger partial charge on any atom is -0.400 e. The first-order valence-corrected chi connectivity index (χ1v) is 4.83. The number of aliphatic hydroxyl groups excluding tert-OH is 1. The lowest BCUT2D eigenvalue weighted by atomic mass is 10.2. The summed E-state index contributed by atoms with van der Waals surface area (Å²) in [6.45, 7) is 7.37. The van der Waals surface area contributed by atoms with E-state index in [0.717, 1.165) is 18.2 Å². The van der Waals surface area contributed by atoms with E-state index in [-0.39, 0.29) is 0 Å². The monoisotopic (exact) mass is 212 g/mol. The first-order valence-electron chi connectivity index (χ1n) is 4.83. The Balaban J connectivity index is 0.00000106. The minimum atomic E-state index is 0.786. The number of rotatable bonds is 2. The van der Waals surface area contributed by atoms with Crippen molar-refractivity contribution >= 4 is 0 Å². The Morgan fingerprint density at radius 1 is 1.25 bits per heavy atom. The van der Waals surface area contributed by atoms with Crippen LogP contribution in [0.3, 0.4) is 0 Å². The average molecular weight is 212 g/mol. The summed E-state index contributed by atoms with van der Waals surface area (Å²) in [6.07, 6.45) is 5.36. The van der Waals surface area contributed by atoms with E-state index < -0.39 is 0 Å². The van der Waals surface area contributed by atoms with Crippen LogP contribution >= 0.6 is 0 Å². The Hall–Kier alpha value is -2.04. The maximum absolute atomic E-state index is 7.00. The molecule has 0 atom stereocenters. The molecular weight excluding hydrogens is 196 g/mol. The molecule has 0 saturated carbocycles. The summed E-state index contributed by atoms with van der Waals surface area (Å²) in [5.74, 6) is 5.97. The van der Waals surface area contributed by atoms with Gasteiger partial charge in [0.05, 0.1) is 0 Å². The molecule has 0 aliphatic carbocycles. The predicted molar refractivity (Wildman–Crippen MR) is 69.9 cm³/mol. The summed E-state index contributed by atoms with van der Waals surface area (Å²) in [7, 11) is 1.00. The topological polar surface area (TPSA) is 20.2 Å². The van der Waals surface area contributed by atoms with E-state index >= 15 is 0 Å². The van der Waals surface area contributed by atoms with E-state index in [9.17, 15) is 0 Å². The number of hydrogen-bond donors (Lipinski definition) is 1. The fourth-order valence-electron chi connectivity index (χ4n) is 0.900. The normalized spacial score (nSPS) is 8.38. The highest BCUT2D eigenvalue weighted by atomic mass is 16.2. The lowest BCUT2D eigenvalue weighted by Gasteiger charge is -1.86. The molecule has 0 bridgehead atoms. The minimum absolute atomic E-state index is 0.786. The standard InChI is InChI=1S/C14H12.CH4O/c1-3-4-8-13(2)11-12-14-9-6-5-7-10-14;1-2/h3-10H,1-2H2;2H,1H3/b8-4-;. The lowest BCUT2D eigenvalue weighted by Crippen LogP contribution is -1.72. The molecule has 1 heteroatoms. The van der Waals surface area contributed by atoms with Crippen LogP contribution in [0.15, 0.2) is 67.3 Å². The van der Waals surface area contributed by atoms with Crippen LogP contribution in [-0.4, -0.2) is 12.2 Å². The van der Waals surface area contributed by atoms with Gasteiger partial charge in [0.25, 0.3) is 0 Å². The average Bonchev–Trinajstić information content (AvgIpc) is 2.37. The van der Waals surface area contributed by atoms with E-state index in [0.29, 0.717) is 0 Å². The molecule has 0 saturated heterocycles. The Labute approximate surface area is 97.4 Å². The van der Waals surface area contributed by atoms with Crippen molar-refractivity contribution in [2.45, 2.75) is 0 Å². The summed E-state index contributed by atoms with van der Waals surface area (Å²) >= 11 is 0. The molecule has 1 nitrogen and oxygen atoms in total. The molecule has 1 rings (SSSR count). The van der Waals surface area contributed by atoms with Gasteiger partial charge in [0.2, 0.25) is 0 Å². The molecule has 0 aliphatic heterocycles. The summed E-state index contributed by atoms with van der Waals surface area (Å²) in [6, 6.07) is 9.84. The summed E-state index contributed by atoms with van der Waals surface area (Å²) in [4.78, 5) is 0. The second kappa shape index (κ2) is 9.51. The SMILES string of the molecule is C=C/C=C\C(=C)C#Cc1ccccc1.CO. The van der Waals surface area contributed by atoms with Crippen molar-refractivity contribution in [3.8, 4) is 11.8 Å². The van der Waals surface area contributed by atoms with Crippen LogP contribution < -0.4 is 0 Å². The van der Waals surface area contributed by atoms with E-state index in [1.807, 2.05) is 42.5 Å². The highest BCUT2D eigenvalue weighted by Gasteiger charge is 1.81. The van der Waals surface area contributed by atoms with Crippen molar-refractivity contribution in [1.82, 2.24) is 0 Å². The number of benzene rings is 1. The van der Waals surface area contributed by atoms with Gasteiger partial charge in [-0.1, -0.05) is 55.3 Å². The first-order chi connectivity index (χ1) is 7.83. The fourth-order valence-corrected chi connectivity index (χ4v) is 0.900.